The van der Waals surface area contributed by atoms with Crippen molar-refractivity contribution >= 4 is 21.6 Å². The number of nitrogens with zero attached hydrogens (tertiary/aromatic N) is 1. The van der Waals surface area contributed by atoms with Crippen molar-refractivity contribution in [2.45, 2.75) is 26.8 Å². The molecule has 5 heteroatoms. The van der Waals surface area contributed by atoms with Crippen molar-refractivity contribution in [1.82, 2.24) is 9.97 Å². The summed E-state index contributed by atoms with van der Waals surface area (Å²) in [4.78, 5) is 22.9. The molecular formula is C20H24N3OS+. The largest absolute Gasteiger partial charge is 0.328 e. The Balaban J connectivity index is 1.66. The average Bonchev–Trinajstić information content (AvgIpc) is 2.99. The van der Waals surface area contributed by atoms with E-state index in [4.69, 9.17) is 4.98 Å². The van der Waals surface area contributed by atoms with E-state index in [2.05, 4.69) is 18.8 Å². The first-order valence-electron chi connectivity index (χ1n) is 8.99. The second-order valence-electron chi connectivity index (χ2n) is 7.49. The van der Waals surface area contributed by atoms with Crippen LogP contribution < -0.4 is 10.5 Å². The molecule has 0 saturated carbocycles. The zero-order chi connectivity index (χ0) is 17.4. The monoisotopic (exact) mass is 354 g/mol. The van der Waals surface area contributed by atoms with E-state index in [0.717, 1.165) is 58.6 Å². The van der Waals surface area contributed by atoms with Crippen LogP contribution in [-0.4, -0.2) is 23.1 Å². The number of aromatic nitrogens is 2. The fourth-order valence-corrected chi connectivity index (χ4v) is 5.18. The first kappa shape index (κ1) is 16.5. The highest BCUT2D eigenvalue weighted by molar-refractivity contribution is 7.17. The van der Waals surface area contributed by atoms with Crippen LogP contribution in [0.4, 0.5) is 0 Å². The topological polar surface area (TPSA) is 50.2 Å². The number of aromatic amines is 1. The molecule has 130 valence electrons. The van der Waals surface area contributed by atoms with Gasteiger partial charge in [0, 0.05) is 22.8 Å². The maximum absolute atomic E-state index is 12.7. The lowest BCUT2D eigenvalue weighted by atomic mass is 9.92. The summed E-state index contributed by atoms with van der Waals surface area (Å²) in [6, 6.07) is 10.1. The molecule has 0 radical (unpaired) electrons. The quantitative estimate of drug-likeness (QED) is 0.760. The van der Waals surface area contributed by atoms with Crippen molar-refractivity contribution in [2.75, 3.05) is 13.1 Å². The summed E-state index contributed by atoms with van der Waals surface area (Å²) in [7, 11) is 0. The molecule has 3 aromatic rings. The van der Waals surface area contributed by atoms with Crippen molar-refractivity contribution in [2.24, 2.45) is 11.8 Å². The minimum Gasteiger partial charge on any atom is -0.328 e. The van der Waals surface area contributed by atoms with Gasteiger partial charge in [0.15, 0.2) is 5.82 Å². The molecule has 1 aliphatic heterocycles. The zero-order valence-electron chi connectivity index (χ0n) is 14.7. The summed E-state index contributed by atoms with van der Waals surface area (Å²) in [5.74, 6) is 2.29. The van der Waals surface area contributed by atoms with E-state index in [9.17, 15) is 4.79 Å². The highest BCUT2D eigenvalue weighted by atomic mass is 32.1. The molecule has 0 aliphatic carbocycles. The number of piperidine rings is 1. The van der Waals surface area contributed by atoms with Crippen LogP contribution in [0, 0.1) is 11.8 Å². The van der Waals surface area contributed by atoms with E-state index in [1.54, 1.807) is 11.3 Å². The Bertz CT molecular complexity index is 921. The Morgan fingerprint density at radius 3 is 2.64 bits per heavy atom. The Hall–Kier alpha value is -1.98. The fraction of sp³-hybridized carbons (Fsp3) is 0.400. The fourth-order valence-electron chi connectivity index (χ4n) is 4.21. The van der Waals surface area contributed by atoms with Gasteiger partial charge < -0.3 is 9.88 Å². The standard InChI is InChI=1S/C20H23N3OS/c1-13-8-14(2)10-23(9-13)11-17-21-19(24)18-16(12-25-20(18)22-17)15-6-4-3-5-7-15/h3-7,12-14H,8-11H2,1-2H3,(H,21,22,24)/p+1/t13-,14-/m0/s1. The number of H-pyrrole nitrogens is 1. The number of nitrogens with one attached hydrogen (secondary N) is 2. The van der Waals surface area contributed by atoms with E-state index in [-0.39, 0.29) is 5.56 Å². The number of thiophene rings is 1. The first-order valence-corrected chi connectivity index (χ1v) is 9.87. The molecule has 2 N–H and O–H groups in total. The molecule has 4 nitrogen and oxygen atoms in total. The third-order valence-electron chi connectivity index (χ3n) is 5.07. The minimum atomic E-state index is -0.0161. The molecule has 1 fully saturated rings. The first-order chi connectivity index (χ1) is 12.1. The number of hydrogen-bond donors (Lipinski definition) is 2. The number of quaternary nitrogens is 1. The summed E-state index contributed by atoms with van der Waals surface area (Å²) >= 11 is 1.56. The minimum absolute atomic E-state index is 0.0161. The molecule has 0 spiro atoms. The molecule has 0 bridgehead atoms. The molecular weight excluding hydrogens is 330 g/mol. The molecule has 2 atom stereocenters. The van der Waals surface area contributed by atoms with Gasteiger partial charge >= 0.3 is 0 Å². The Morgan fingerprint density at radius 1 is 1.20 bits per heavy atom. The maximum atomic E-state index is 12.7. The van der Waals surface area contributed by atoms with Crippen molar-refractivity contribution < 1.29 is 4.90 Å². The summed E-state index contributed by atoms with van der Waals surface area (Å²) in [5.41, 5.74) is 2.03. The third kappa shape index (κ3) is 3.39. The van der Waals surface area contributed by atoms with Crippen LogP contribution in [0.3, 0.4) is 0 Å². The average molecular weight is 354 g/mol. The Kier molecular flexibility index (Phi) is 4.44. The highest BCUT2D eigenvalue weighted by Crippen LogP contribution is 2.30. The van der Waals surface area contributed by atoms with Gasteiger partial charge in [-0.25, -0.2) is 4.98 Å². The van der Waals surface area contributed by atoms with Gasteiger partial charge in [0.2, 0.25) is 0 Å². The van der Waals surface area contributed by atoms with Gasteiger partial charge in [0.05, 0.1) is 18.5 Å². The molecule has 0 unspecified atom stereocenters. The highest BCUT2D eigenvalue weighted by Gasteiger charge is 2.26. The lowest BCUT2D eigenvalue weighted by Gasteiger charge is -2.31. The van der Waals surface area contributed by atoms with Crippen molar-refractivity contribution in [3.05, 3.63) is 51.9 Å². The van der Waals surface area contributed by atoms with Gasteiger partial charge in [-0.15, -0.1) is 11.3 Å². The van der Waals surface area contributed by atoms with E-state index in [1.165, 1.54) is 11.3 Å². The summed E-state index contributed by atoms with van der Waals surface area (Å²) < 4.78 is 0. The van der Waals surface area contributed by atoms with Crippen molar-refractivity contribution in [3.63, 3.8) is 0 Å². The molecule has 4 rings (SSSR count). The van der Waals surface area contributed by atoms with Crippen LogP contribution in [0.15, 0.2) is 40.5 Å². The van der Waals surface area contributed by atoms with E-state index in [1.807, 2.05) is 35.7 Å². The smallest absolute Gasteiger partial charge is 0.260 e. The molecule has 0 amide bonds. The van der Waals surface area contributed by atoms with Gasteiger partial charge in [0.1, 0.15) is 11.4 Å². The van der Waals surface area contributed by atoms with Gasteiger partial charge in [-0.1, -0.05) is 44.2 Å². The zero-order valence-corrected chi connectivity index (χ0v) is 15.5. The van der Waals surface area contributed by atoms with Crippen molar-refractivity contribution in [3.8, 4) is 11.1 Å². The normalized spacial score (nSPS) is 23.8. The number of rotatable bonds is 3. The molecule has 3 heterocycles. The van der Waals surface area contributed by atoms with Crippen LogP contribution >= 0.6 is 11.3 Å². The Morgan fingerprint density at radius 2 is 1.92 bits per heavy atom. The number of hydrogen-bond acceptors (Lipinski definition) is 3. The van der Waals surface area contributed by atoms with Crippen LogP contribution in [0.25, 0.3) is 21.3 Å². The summed E-state index contributed by atoms with van der Waals surface area (Å²) in [6.45, 7) is 7.76. The van der Waals surface area contributed by atoms with Gasteiger partial charge in [-0.2, -0.15) is 0 Å². The molecule has 2 aromatic heterocycles. The van der Waals surface area contributed by atoms with Crippen molar-refractivity contribution in [1.29, 1.82) is 0 Å². The third-order valence-corrected chi connectivity index (χ3v) is 5.95. The molecule has 1 aliphatic rings. The van der Waals surface area contributed by atoms with Crippen LogP contribution in [-0.2, 0) is 6.54 Å². The molecule has 25 heavy (non-hydrogen) atoms. The second kappa shape index (κ2) is 6.73. The van der Waals surface area contributed by atoms with Gasteiger partial charge in [-0.05, 0) is 12.0 Å². The van der Waals surface area contributed by atoms with Gasteiger partial charge in [0.25, 0.3) is 5.56 Å². The number of benzene rings is 1. The van der Waals surface area contributed by atoms with Crippen LogP contribution in [0.1, 0.15) is 26.1 Å². The summed E-state index contributed by atoms with van der Waals surface area (Å²) in [6.07, 6.45) is 1.30. The SMILES string of the molecule is C[C@H]1C[C@H](C)C[NH+](Cc2nc3scc(-c4ccccc4)c3c(=O)[nH]2)C1. The molecule has 1 aromatic carbocycles. The lowest BCUT2D eigenvalue weighted by molar-refractivity contribution is -0.926. The van der Waals surface area contributed by atoms with E-state index in [0.29, 0.717) is 0 Å². The number of fused-ring (bicyclic) bond motifs is 1. The predicted octanol–water partition coefficient (Wildman–Crippen LogP) is 2.71. The van der Waals surface area contributed by atoms with E-state index < -0.39 is 0 Å². The van der Waals surface area contributed by atoms with Crippen LogP contribution in [0.2, 0.25) is 0 Å². The lowest BCUT2D eigenvalue weighted by Crippen LogP contribution is -3.13. The second-order valence-corrected chi connectivity index (χ2v) is 8.35. The van der Waals surface area contributed by atoms with E-state index >= 15 is 0 Å². The maximum Gasteiger partial charge on any atom is 0.260 e. The van der Waals surface area contributed by atoms with Crippen LogP contribution in [0.5, 0.6) is 0 Å². The summed E-state index contributed by atoms with van der Waals surface area (Å²) in [5, 5.41) is 2.76. The van der Waals surface area contributed by atoms with Gasteiger partial charge in [-0.3, -0.25) is 4.79 Å². The molecule has 1 saturated heterocycles. The predicted molar refractivity (Wildman–Crippen MR) is 103 cm³/mol. The number of likely N-dealkylation sites (tertiary alicyclic amines) is 1. The Labute approximate surface area is 151 Å².